The minimum Gasteiger partial charge on any atom is -0.450 e. The van der Waals surface area contributed by atoms with Crippen molar-refractivity contribution >= 4 is 6.16 Å². The first kappa shape index (κ1) is 22.3. The molecule has 1 atom stereocenters. The van der Waals surface area contributed by atoms with E-state index in [4.69, 9.17) is 9.84 Å². The van der Waals surface area contributed by atoms with Crippen LogP contribution < -0.4 is 0 Å². The van der Waals surface area contributed by atoms with Gasteiger partial charge in [0.2, 0.25) is 0 Å². The van der Waals surface area contributed by atoms with Crippen LogP contribution in [0.5, 0.6) is 0 Å². The lowest BCUT2D eigenvalue weighted by atomic mass is 10.0. The SMILES string of the molecule is CCCCCCCCCCCCCCCC(CCC)OC(=O)O. The van der Waals surface area contributed by atoms with Crippen molar-refractivity contribution in [2.45, 2.75) is 123 Å². The van der Waals surface area contributed by atoms with Crippen molar-refractivity contribution in [2.75, 3.05) is 0 Å². The van der Waals surface area contributed by atoms with Crippen LogP contribution in [0.4, 0.5) is 4.79 Å². The maximum atomic E-state index is 10.6. The van der Waals surface area contributed by atoms with E-state index in [0.29, 0.717) is 0 Å². The zero-order valence-corrected chi connectivity index (χ0v) is 15.7. The summed E-state index contributed by atoms with van der Waals surface area (Å²) in [7, 11) is 0. The molecule has 0 aromatic carbocycles. The predicted octanol–water partition coefficient (Wildman–Crippen LogP) is 7.33. The van der Waals surface area contributed by atoms with Gasteiger partial charge in [-0.05, 0) is 19.3 Å². The maximum Gasteiger partial charge on any atom is 0.506 e. The smallest absolute Gasteiger partial charge is 0.450 e. The Balaban J connectivity index is 3.27. The van der Waals surface area contributed by atoms with Crippen LogP contribution in [0.15, 0.2) is 0 Å². The fourth-order valence-corrected chi connectivity index (χ4v) is 3.12. The van der Waals surface area contributed by atoms with E-state index in [-0.39, 0.29) is 6.10 Å². The molecule has 0 rings (SSSR count). The molecule has 1 N–H and O–H groups in total. The fraction of sp³-hybridized carbons (Fsp3) is 0.950. The first-order valence-electron chi connectivity index (χ1n) is 10.1. The van der Waals surface area contributed by atoms with Crippen molar-refractivity contribution < 1.29 is 14.6 Å². The summed E-state index contributed by atoms with van der Waals surface area (Å²) in [5, 5.41) is 8.69. The van der Waals surface area contributed by atoms with Crippen LogP contribution in [0.3, 0.4) is 0 Å². The van der Waals surface area contributed by atoms with Gasteiger partial charge in [0, 0.05) is 0 Å². The van der Waals surface area contributed by atoms with Crippen molar-refractivity contribution in [2.24, 2.45) is 0 Å². The monoisotopic (exact) mass is 328 g/mol. The largest absolute Gasteiger partial charge is 0.506 e. The van der Waals surface area contributed by atoms with Crippen molar-refractivity contribution in [1.82, 2.24) is 0 Å². The summed E-state index contributed by atoms with van der Waals surface area (Å²) in [6.07, 6.45) is 19.0. The van der Waals surface area contributed by atoms with Gasteiger partial charge in [-0.3, -0.25) is 0 Å². The quantitative estimate of drug-likeness (QED) is 0.224. The van der Waals surface area contributed by atoms with Gasteiger partial charge in [0.05, 0.1) is 0 Å². The van der Waals surface area contributed by atoms with E-state index < -0.39 is 6.16 Å². The molecule has 0 heterocycles. The molecule has 1 unspecified atom stereocenters. The highest BCUT2D eigenvalue weighted by molar-refractivity contribution is 5.57. The molecule has 0 aromatic heterocycles. The topological polar surface area (TPSA) is 46.5 Å². The number of rotatable bonds is 17. The van der Waals surface area contributed by atoms with Crippen LogP contribution in [0.2, 0.25) is 0 Å². The molecule has 0 spiro atoms. The molecule has 0 saturated carbocycles. The lowest BCUT2D eigenvalue weighted by Crippen LogP contribution is -2.16. The van der Waals surface area contributed by atoms with Crippen molar-refractivity contribution in [3.05, 3.63) is 0 Å². The highest BCUT2D eigenvalue weighted by Gasteiger charge is 2.11. The van der Waals surface area contributed by atoms with E-state index >= 15 is 0 Å². The van der Waals surface area contributed by atoms with Crippen LogP contribution in [0.1, 0.15) is 117 Å². The second-order valence-corrected chi connectivity index (χ2v) is 6.83. The third-order valence-electron chi connectivity index (χ3n) is 4.51. The molecular weight excluding hydrogens is 288 g/mol. The Bertz CT molecular complexity index is 253. The Kier molecular flexibility index (Phi) is 17.1. The maximum absolute atomic E-state index is 10.6. The summed E-state index contributed by atoms with van der Waals surface area (Å²) in [6.45, 7) is 4.34. The van der Waals surface area contributed by atoms with E-state index in [9.17, 15) is 4.79 Å². The third kappa shape index (κ3) is 17.5. The van der Waals surface area contributed by atoms with E-state index in [0.717, 1.165) is 25.7 Å². The number of carbonyl (C=O) groups is 1. The Morgan fingerprint density at radius 3 is 1.52 bits per heavy atom. The van der Waals surface area contributed by atoms with Crippen LogP contribution in [-0.4, -0.2) is 17.4 Å². The Hall–Kier alpha value is -0.730. The van der Waals surface area contributed by atoms with Gasteiger partial charge < -0.3 is 9.84 Å². The zero-order chi connectivity index (χ0) is 17.2. The first-order chi connectivity index (χ1) is 11.2. The molecule has 0 aliphatic heterocycles. The normalized spacial score (nSPS) is 12.3. The molecule has 0 fully saturated rings. The fourth-order valence-electron chi connectivity index (χ4n) is 3.12. The lowest BCUT2D eigenvalue weighted by Gasteiger charge is -2.14. The summed E-state index contributed by atoms with van der Waals surface area (Å²) < 4.78 is 4.91. The number of hydrogen-bond acceptors (Lipinski definition) is 2. The van der Waals surface area contributed by atoms with Crippen molar-refractivity contribution in [3.63, 3.8) is 0 Å². The Labute approximate surface area is 144 Å². The number of carboxylic acid groups (broad SMARTS) is 1. The minimum absolute atomic E-state index is 0.0924. The highest BCUT2D eigenvalue weighted by atomic mass is 16.7. The molecule has 3 nitrogen and oxygen atoms in total. The van der Waals surface area contributed by atoms with Gasteiger partial charge >= 0.3 is 6.16 Å². The summed E-state index contributed by atoms with van der Waals surface area (Å²) in [5.41, 5.74) is 0. The molecule has 0 saturated heterocycles. The Morgan fingerprint density at radius 2 is 1.13 bits per heavy atom. The standard InChI is InChI=1S/C20H40O3/c1-3-5-6-7-8-9-10-11-12-13-14-15-16-18-19(17-4-2)23-20(21)22/h19H,3-18H2,1-2H3,(H,21,22). The molecule has 3 heteroatoms. The molecular formula is C20H40O3. The van der Waals surface area contributed by atoms with Crippen molar-refractivity contribution in [1.29, 1.82) is 0 Å². The molecule has 138 valence electrons. The molecule has 0 radical (unpaired) electrons. The van der Waals surface area contributed by atoms with Gasteiger partial charge in [0.1, 0.15) is 6.10 Å². The third-order valence-corrected chi connectivity index (χ3v) is 4.51. The molecule has 0 bridgehead atoms. The Morgan fingerprint density at radius 1 is 0.696 bits per heavy atom. The van der Waals surface area contributed by atoms with Crippen LogP contribution in [0, 0.1) is 0 Å². The van der Waals surface area contributed by atoms with E-state index in [2.05, 4.69) is 13.8 Å². The van der Waals surface area contributed by atoms with Gasteiger partial charge in [-0.2, -0.15) is 0 Å². The van der Waals surface area contributed by atoms with Gasteiger partial charge in [-0.1, -0.05) is 97.3 Å². The van der Waals surface area contributed by atoms with Crippen LogP contribution in [-0.2, 0) is 4.74 Å². The average molecular weight is 329 g/mol. The highest BCUT2D eigenvalue weighted by Crippen LogP contribution is 2.15. The minimum atomic E-state index is -1.13. The van der Waals surface area contributed by atoms with Gasteiger partial charge in [-0.25, -0.2) is 4.79 Å². The number of hydrogen-bond donors (Lipinski definition) is 1. The zero-order valence-electron chi connectivity index (χ0n) is 15.7. The average Bonchev–Trinajstić information content (AvgIpc) is 2.51. The van der Waals surface area contributed by atoms with Gasteiger partial charge in [-0.15, -0.1) is 0 Å². The van der Waals surface area contributed by atoms with E-state index in [1.807, 2.05) is 0 Å². The van der Waals surface area contributed by atoms with E-state index in [1.54, 1.807) is 0 Å². The second kappa shape index (κ2) is 17.6. The summed E-state index contributed by atoms with van der Waals surface area (Å²) in [6, 6.07) is 0. The molecule has 0 aromatic rings. The molecule has 23 heavy (non-hydrogen) atoms. The van der Waals surface area contributed by atoms with E-state index in [1.165, 1.54) is 77.0 Å². The molecule has 0 aliphatic rings. The lowest BCUT2D eigenvalue weighted by molar-refractivity contribution is 0.0431. The summed E-state index contributed by atoms with van der Waals surface area (Å²) in [5.74, 6) is 0. The number of unbranched alkanes of at least 4 members (excludes halogenated alkanes) is 12. The van der Waals surface area contributed by atoms with Crippen molar-refractivity contribution in [3.8, 4) is 0 Å². The summed E-state index contributed by atoms with van der Waals surface area (Å²) >= 11 is 0. The molecule has 0 amide bonds. The van der Waals surface area contributed by atoms with Gasteiger partial charge in [0.15, 0.2) is 0 Å². The number of ether oxygens (including phenoxy) is 1. The van der Waals surface area contributed by atoms with Gasteiger partial charge in [0.25, 0.3) is 0 Å². The summed E-state index contributed by atoms with van der Waals surface area (Å²) in [4.78, 5) is 10.6. The second-order valence-electron chi connectivity index (χ2n) is 6.83. The van der Waals surface area contributed by atoms with Crippen LogP contribution in [0.25, 0.3) is 0 Å². The molecule has 0 aliphatic carbocycles. The first-order valence-corrected chi connectivity index (χ1v) is 10.1. The van der Waals surface area contributed by atoms with Crippen LogP contribution >= 0.6 is 0 Å². The predicted molar refractivity (Wildman–Crippen MR) is 98.1 cm³/mol.